The Morgan fingerprint density at radius 2 is 2.33 bits per heavy atom. The molecular weight excluding hydrogens is 264 g/mol. The first kappa shape index (κ1) is 16.0. The van der Waals surface area contributed by atoms with Gasteiger partial charge in [-0.1, -0.05) is 29.8 Å². The van der Waals surface area contributed by atoms with Crippen LogP contribution in [0, 0.1) is 6.92 Å². The number of benzene rings is 1. The number of amides is 1. The first-order valence-electron chi connectivity index (χ1n) is 7.86. The fraction of sp³-hybridized carbons (Fsp3) is 0.588. The van der Waals surface area contributed by atoms with Gasteiger partial charge in [0.05, 0.1) is 6.61 Å². The molecule has 1 atom stereocenters. The predicted molar refractivity (Wildman–Crippen MR) is 84.2 cm³/mol. The van der Waals surface area contributed by atoms with Crippen molar-refractivity contribution in [2.75, 3.05) is 26.2 Å². The van der Waals surface area contributed by atoms with Gasteiger partial charge < -0.3 is 15.3 Å². The van der Waals surface area contributed by atoms with Gasteiger partial charge in [0.2, 0.25) is 5.91 Å². The van der Waals surface area contributed by atoms with E-state index in [9.17, 15) is 4.79 Å². The Hall–Kier alpha value is -1.39. The molecule has 0 aliphatic carbocycles. The van der Waals surface area contributed by atoms with E-state index in [1.54, 1.807) is 4.90 Å². The molecule has 1 aliphatic heterocycles. The normalized spacial score (nSPS) is 17.9. The second kappa shape index (κ2) is 8.15. The molecule has 21 heavy (non-hydrogen) atoms. The molecule has 1 heterocycles. The Morgan fingerprint density at radius 1 is 1.48 bits per heavy atom. The molecule has 1 aromatic rings. The molecule has 2 rings (SSSR count). The molecule has 0 saturated carbocycles. The van der Waals surface area contributed by atoms with Crippen LogP contribution in [-0.2, 0) is 11.2 Å². The number of hydrogen-bond acceptors (Lipinski definition) is 3. The van der Waals surface area contributed by atoms with Gasteiger partial charge in [0.1, 0.15) is 0 Å². The van der Waals surface area contributed by atoms with Crippen molar-refractivity contribution < 1.29 is 9.90 Å². The molecule has 1 unspecified atom stereocenters. The summed E-state index contributed by atoms with van der Waals surface area (Å²) in [6, 6.07) is 8.68. The third-order valence-electron chi connectivity index (χ3n) is 4.04. The number of rotatable bonds is 7. The highest BCUT2D eigenvalue weighted by atomic mass is 16.3. The second-order valence-electron chi connectivity index (χ2n) is 5.85. The summed E-state index contributed by atoms with van der Waals surface area (Å²) in [5, 5.41) is 12.6. The number of carbonyl (C=O) groups excluding carboxylic acids is 1. The van der Waals surface area contributed by atoms with Gasteiger partial charge in [0.25, 0.3) is 0 Å². The molecule has 0 aromatic heterocycles. The summed E-state index contributed by atoms with van der Waals surface area (Å²) in [6.45, 7) is 4.28. The third kappa shape index (κ3) is 5.14. The maximum atomic E-state index is 12.4. The van der Waals surface area contributed by atoms with Crippen molar-refractivity contribution in [1.29, 1.82) is 0 Å². The highest BCUT2D eigenvalue weighted by Gasteiger charge is 2.20. The van der Waals surface area contributed by atoms with Crippen molar-refractivity contribution in [3.8, 4) is 0 Å². The lowest BCUT2D eigenvalue weighted by atomic mass is 10.1. The summed E-state index contributed by atoms with van der Waals surface area (Å²) >= 11 is 0. The fourth-order valence-corrected chi connectivity index (χ4v) is 2.89. The van der Waals surface area contributed by atoms with Gasteiger partial charge in [0.15, 0.2) is 0 Å². The van der Waals surface area contributed by atoms with E-state index >= 15 is 0 Å². The Balaban J connectivity index is 1.85. The molecule has 1 aliphatic rings. The molecule has 0 spiro atoms. The lowest BCUT2D eigenvalue weighted by Gasteiger charge is -2.25. The van der Waals surface area contributed by atoms with Crippen LogP contribution in [0.5, 0.6) is 0 Å². The minimum absolute atomic E-state index is 0.0307. The van der Waals surface area contributed by atoms with Crippen LogP contribution in [-0.4, -0.2) is 48.2 Å². The van der Waals surface area contributed by atoms with E-state index in [2.05, 4.69) is 30.4 Å². The summed E-state index contributed by atoms with van der Waals surface area (Å²) in [7, 11) is 0. The summed E-state index contributed by atoms with van der Waals surface area (Å²) in [6.07, 6.45) is 3.57. The zero-order chi connectivity index (χ0) is 15.1. The molecule has 1 fully saturated rings. The Bertz CT molecular complexity index is 456. The zero-order valence-electron chi connectivity index (χ0n) is 12.8. The largest absolute Gasteiger partial charge is 0.395 e. The fourth-order valence-electron chi connectivity index (χ4n) is 2.89. The second-order valence-corrected chi connectivity index (χ2v) is 5.85. The van der Waals surface area contributed by atoms with Crippen molar-refractivity contribution in [3.05, 3.63) is 35.4 Å². The number of aliphatic hydroxyl groups excluding tert-OH is 1. The van der Waals surface area contributed by atoms with E-state index in [1.807, 2.05) is 6.07 Å². The average molecular weight is 290 g/mol. The van der Waals surface area contributed by atoms with Gasteiger partial charge in [-0.25, -0.2) is 0 Å². The number of nitrogens with one attached hydrogen (secondary N) is 1. The van der Waals surface area contributed by atoms with E-state index < -0.39 is 0 Å². The van der Waals surface area contributed by atoms with Crippen LogP contribution in [0.2, 0.25) is 0 Å². The summed E-state index contributed by atoms with van der Waals surface area (Å²) in [5.41, 5.74) is 2.42. The van der Waals surface area contributed by atoms with Gasteiger partial charge in [-0.05, 0) is 38.3 Å². The quantitative estimate of drug-likeness (QED) is 0.800. The molecule has 1 amide bonds. The summed E-state index contributed by atoms with van der Waals surface area (Å²) in [4.78, 5) is 14.2. The minimum atomic E-state index is 0.0307. The third-order valence-corrected chi connectivity index (χ3v) is 4.04. The van der Waals surface area contributed by atoms with E-state index in [1.165, 1.54) is 17.5 Å². The van der Waals surface area contributed by atoms with Gasteiger partial charge >= 0.3 is 0 Å². The van der Waals surface area contributed by atoms with Crippen LogP contribution < -0.4 is 5.32 Å². The molecule has 0 radical (unpaired) electrons. The highest BCUT2D eigenvalue weighted by Crippen LogP contribution is 2.11. The van der Waals surface area contributed by atoms with Crippen LogP contribution in [0.4, 0.5) is 0 Å². The van der Waals surface area contributed by atoms with E-state index in [0.29, 0.717) is 25.6 Å². The minimum Gasteiger partial charge on any atom is -0.395 e. The monoisotopic (exact) mass is 290 g/mol. The Labute approximate surface area is 127 Å². The molecule has 4 nitrogen and oxygen atoms in total. The zero-order valence-corrected chi connectivity index (χ0v) is 12.8. The van der Waals surface area contributed by atoms with Crippen LogP contribution in [0.3, 0.4) is 0 Å². The smallest absolute Gasteiger partial charge is 0.223 e. The van der Waals surface area contributed by atoms with E-state index in [4.69, 9.17) is 5.11 Å². The van der Waals surface area contributed by atoms with Gasteiger partial charge in [-0.3, -0.25) is 4.79 Å². The Morgan fingerprint density at radius 3 is 3.00 bits per heavy atom. The molecule has 2 N–H and O–H groups in total. The number of aliphatic hydroxyl groups is 1. The number of carbonyl (C=O) groups is 1. The molecule has 4 heteroatoms. The van der Waals surface area contributed by atoms with Crippen molar-refractivity contribution in [1.82, 2.24) is 10.2 Å². The summed E-state index contributed by atoms with van der Waals surface area (Å²) in [5.74, 6) is 0.138. The van der Waals surface area contributed by atoms with Gasteiger partial charge in [-0.2, -0.15) is 0 Å². The first-order valence-corrected chi connectivity index (χ1v) is 7.86. The summed E-state index contributed by atoms with van der Waals surface area (Å²) < 4.78 is 0. The van der Waals surface area contributed by atoms with Crippen molar-refractivity contribution in [2.24, 2.45) is 0 Å². The molecule has 1 aromatic carbocycles. The average Bonchev–Trinajstić information content (AvgIpc) is 2.97. The standard InChI is InChI=1S/C17H26N2O2/c1-14-4-2-5-15(12-14)7-8-17(21)19(10-11-20)13-16-6-3-9-18-16/h2,4-5,12,16,18,20H,3,6-11,13H2,1H3. The molecular formula is C17H26N2O2. The van der Waals surface area contributed by atoms with Crippen molar-refractivity contribution >= 4 is 5.91 Å². The highest BCUT2D eigenvalue weighted by molar-refractivity contribution is 5.76. The van der Waals surface area contributed by atoms with Gasteiger partial charge in [-0.15, -0.1) is 0 Å². The van der Waals surface area contributed by atoms with Crippen LogP contribution in [0.25, 0.3) is 0 Å². The lowest BCUT2D eigenvalue weighted by Crippen LogP contribution is -2.42. The van der Waals surface area contributed by atoms with E-state index in [-0.39, 0.29) is 12.5 Å². The van der Waals surface area contributed by atoms with Crippen molar-refractivity contribution in [3.63, 3.8) is 0 Å². The number of nitrogens with zero attached hydrogens (tertiary/aromatic N) is 1. The maximum absolute atomic E-state index is 12.4. The van der Waals surface area contributed by atoms with Gasteiger partial charge in [0, 0.05) is 25.6 Å². The first-order chi connectivity index (χ1) is 10.2. The Kier molecular flexibility index (Phi) is 6.21. The SMILES string of the molecule is Cc1cccc(CCC(=O)N(CCO)CC2CCCN2)c1. The molecule has 0 bridgehead atoms. The number of aryl methyl sites for hydroxylation is 2. The van der Waals surface area contributed by atoms with Crippen LogP contribution in [0.15, 0.2) is 24.3 Å². The van der Waals surface area contributed by atoms with E-state index in [0.717, 1.165) is 19.4 Å². The predicted octanol–water partition coefficient (Wildman–Crippen LogP) is 1.50. The number of hydrogen-bond donors (Lipinski definition) is 2. The lowest BCUT2D eigenvalue weighted by molar-refractivity contribution is -0.132. The molecule has 116 valence electrons. The maximum Gasteiger partial charge on any atom is 0.223 e. The van der Waals surface area contributed by atoms with Crippen LogP contribution in [0.1, 0.15) is 30.4 Å². The molecule has 1 saturated heterocycles. The van der Waals surface area contributed by atoms with Crippen LogP contribution >= 0.6 is 0 Å². The van der Waals surface area contributed by atoms with Crippen molar-refractivity contribution in [2.45, 2.75) is 38.6 Å². The topological polar surface area (TPSA) is 52.6 Å².